The number of hydrogen-bond acceptors (Lipinski definition) is 6. The van der Waals surface area contributed by atoms with Crippen molar-refractivity contribution in [2.24, 2.45) is 0 Å². The molecule has 0 saturated carbocycles. The number of aromatic nitrogens is 1. The fourth-order valence-electron chi connectivity index (χ4n) is 2.46. The summed E-state index contributed by atoms with van der Waals surface area (Å²) in [6.07, 6.45) is 1.36. The molecule has 0 aliphatic heterocycles. The minimum atomic E-state index is -0.642. The van der Waals surface area contributed by atoms with E-state index in [1.165, 1.54) is 24.3 Å². The molecule has 150 valence electrons. The number of nitriles is 1. The summed E-state index contributed by atoms with van der Waals surface area (Å²) in [5.41, 5.74) is 1.75. The summed E-state index contributed by atoms with van der Waals surface area (Å²) in [5.74, 6) is -0.289. The summed E-state index contributed by atoms with van der Waals surface area (Å²) in [6, 6.07) is 14.9. The lowest BCUT2D eigenvalue weighted by Gasteiger charge is -2.07. The molecular weight excluding hydrogens is 406 g/mol. The van der Waals surface area contributed by atoms with Crippen LogP contribution < -0.4 is 10.1 Å². The van der Waals surface area contributed by atoms with Gasteiger partial charge in [0.25, 0.3) is 5.91 Å². The predicted molar refractivity (Wildman–Crippen MR) is 111 cm³/mol. The number of rotatable bonds is 5. The number of aryl methyl sites for hydroxylation is 2. The molecule has 7 nitrogen and oxygen atoms in total. The van der Waals surface area contributed by atoms with E-state index in [-0.39, 0.29) is 22.2 Å². The van der Waals surface area contributed by atoms with E-state index in [4.69, 9.17) is 20.9 Å². The number of ether oxygens (including phenoxy) is 1. The SMILES string of the molecule is Cc1ccc(C(=O)Oc2ccc(/C=C(/C#N)C(=O)Nc3cc(C)on3)cc2Cl)cc1. The number of nitrogens with one attached hydrogen (secondary N) is 1. The van der Waals surface area contributed by atoms with Gasteiger partial charge in [-0.1, -0.05) is 40.5 Å². The third-order valence-electron chi connectivity index (χ3n) is 3.99. The zero-order valence-electron chi connectivity index (χ0n) is 16.1. The summed E-state index contributed by atoms with van der Waals surface area (Å²) in [7, 11) is 0. The fourth-order valence-corrected chi connectivity index (χ4v) is 2.69. The van der Waals surface area contributed by atoms with Crippen molar-refractivity contribution in [1.82, 2.24) is 5.16 Å². The smallest absolute Gasteiger partial charge is 0.343 e. The van der Waals surface area contributed by atoms with Crippen molar-refractivity contribution >= 4 is 35.4 Å². The monoisotopic (exact) mass is 421 g/mol. The Morgan fingerprint density at radius 1 is 1.17 bits per heavy atom. The van der Waals surface area contributed by atoms with Crippen LogP contribution in [-0.4, -0.2) is 17.0 Å². The molecule has 2 aromatic carbocycles. The lowest BCUT2D eigenvalue weighted by atomic mass is 10.1. The van der Waals surface area contributed by atoms with Gasteiger partial charge in [0.2, 0.25) is 0 Å². The van der Waals surface area contributed by atoms with E-state index >= 15 is 0 Å². The summed E-state index contributed by atoms with van der Waals surface area (Å²) >= 11 is 6.21. The zero-order valence-corrected chi connectivity index (χ0v) is 16.9. The quantitative estimate of drug-likeness (QED) is 0.277. The third-order valence-corrected chi connectivity index (χ3v) is 4.29. The van der Waals surface area contributed by atoms with E-state index in [0.29, 0.717) is 16.9 Å². The van der Waals surface area contributed by atoms with Gasteiger partial charge in [-0.15, -0.1) is 0 Å². The van der Waals surface area contributed by atoms with Crippen molar-refractivity contribution in [1.29, 1.82) is 5.26 Å². The molecule has 1 amide bonds. The molecule has 30 heavy (non-hydrogen) atoms. The predicted octanol–water partition coefficient (Wildman–Crippen LogP) is 4.71. The van der Waals surface area contributed by atoms with Crippen LogP contribution in [0.15, 0.2) is 58.6 Å². The minimum absolute atomic E-state index is 0.156. The molecule has 1 heterocycles. The molecule has 0 spiro atoms. The molecular formula is C22H16ClN3O4. The molecule has 1 aromatic heterocycles. The second-order valence-electron chi connectivity index (χ2n) is 6.39. The lowest BCUT2D eigenvalue weighted by Crippen LogP contribution is -2.13. The number of hydrogen-bond donors (Lipinski definition) is 1. The molecule has 0 fully saturated rings. The van der Waals surface area contributed by atoms with Gasteiger partial charge >= 0.3 is 5.97 Å². The van der Waals surface area contributed by atoms with Crippen LogP contribution in [-0.2, 0) is 4.79 Å². The number of amides is 1. The summed E-state index contributed by atoms with van der Waals surface area (Å²) in [5, 5.41) is 15.6. The summed E-state index contributed by atoms with van der Waals surface area (Å²) in [4.78, 5) is 24.5. The fraction of sp³-hybridized carbons (Fsp3) is 0.0909. The highest BCUT2D eigenvalue weighted by Gasteiger charge is 2.14. The van der Waals surface area contributed by atoms with Crippen LogP contribution in [0.2, 0.25) is 5.02 Å². The topological polar surface area (TPSA) is 105 Å². The second kappa shape index (κ2) is 9.07. The Morgan fingerprint density at radius 3 is 2.50 bits per heavy atom. The normalized spacial score (nSPS) is 10.9. The van der Waals surface area contributed by atoms with E-state index in [1.54, 1.807) is 37.3 Å². The molecule has 3 aromatic rings. The van der Waals surface area contributed by atoms with Gasteiger partial charge in [0.1, 0.15) is 23.2 Å². The number of carbonyl (C=O) groups excluding carboxylic acids is 2. The Bertz CT molecular complexity index is 1170. The first-order valence-corrected chi connectivity index (χ1v) is 9.18. The van der Waals surface area contributed by atoms with E-state index in [9.17, 15) is 14.9 Å². The van der Waals surface area contributed by atoms with Crippen LogP contribution in [0.4, 0.5) is 5.82 Å². The number of esters is 1. The zero-order chi connectivity index (χ0) is 21.7. The molecule has 0 radical (unpaired) electrons. The maximum Gasteiger partial charge on any atom is 0.343 e. The van der Waals surface area contributed by atoms with Crippen LogP contribution in [0.5, 0.6) is 5.75 Å². The van der Waals surface area contributed by atoms with Crippen LogP contribution in [0.25, 0.3) is 6.08 Å². The molecule has 0 saturated heterocycles. The van der Waals surface area contributed by atoms with E-state index < -0.39 is 11.9 Å². The third kappa shape index (κ3) is 5.13. The van der Waals surface area contributed by atoms with Gasteiger partial charge in [-0.3, -0.25) is 4.79 Å². The summed E-state index contributed by atoms with van der Waals surface area (Å²) in [6.45, 7) is 3.60. The van der Waals surface area contributed by atoms with Crippen LogP contribution in [0.1, 0.15) is 27.2 Å². The first kappa shape index (κ1) is 20.8. The molecule has 3 rings (SSSR count). The second-order valence-corrected chi connectivity index (χ2v) is 6.80. The van der Waals surface area contributed by atoms with Gasteiger partial charge in [-0.25, -0.2) is 4.79 Å². The maximum absolute atomic E-state index is 12.2. The molecule has 0 aliphatic rings. The van der Waals surface area contributed by atoms with Gasteiger partial charge < -0.3 is 14.6 Å². The maximum atomic E-state index is 12.2. The Labute approximate surface area is 177 Å². The highest BCUT2D eigenvalue weighted by atomic mass is 35.5. The van der Waals surface area contributed by atoms with Gasteiger partial charge in [-0.05, 0) is 49.8 Å². The highest BCUT2D eigenvalue weighted by Crippen LogP contribution is 2.27. The molecule has 8 heteroatoms. The van der Waals surface area contributed by atoms with Crippen molar-refractivity contribution in [3.63, 3.8) is 0 Å². The number of benzene rings is 2. The van der Waals surface area contributed by atoms with Crippen molar-refractivity contribution in [3.8, 4) is 11.8 Å². The lowest BCUT2D eigenvalue weighted by molar-refractivity contribution is -0.112. The molecule has 0 unspecified atom stereocenters. The highest BCUT2D eigenvalue weighted by molar-refractivity contribution is 6.32. The minimum Gasteiger partial charge on any atom is -0.421 e. The Hall–Kier alpha value is -3.89. The first-order valence-electron chi connectivity index (χ1n) is 8.80. The van der Waals surface area contributed by atoms with E-state index in [0.717, 1.165) is 5.56 Å². The van der Waals surface area contributed by atoms with E-state index in [2.05, 4.69) is 10.5 Å². The van der Waals surface area contributed by atoms with Crippen molar-refractivity contribution < 1.29 is 18.8 Å². The Morgan fingerprint density at radius 2 is 1.90 bits per heavy atom. The van der Waals surface area contributed by atoms with Gasteiger partial charge in [0.05, 0.1) is 10.6 Å². The van der Waals surface area contributed by atoms with Gasteiger partial charge in [0.15, 0.2) is 5.82 Å². The first-order chi connectivity index (χ1) is 14.4. The Kier molecular flexibility index (Phi) is 6.30. The molecule has 0 atom stereocenters. The van der Waals surface area contributed by atoms with Crippen molar-refractivity contribution in [3.05, 3.63) is 81.6 Å². The largest absolute Gasteiger partial charge is 0.421 e. The number of anilines is 1. The van der Waals surface area contributed by atoms with Crippen molar-refractivity contribution in [2.75, 3.05) is 5.32 Å². The van der Waals surface area contributed by atoms with Gasteiger partial charge in [-0.2, -0.15) is 5.26 Å². The van der Waals surface area contributed by atoms with Crippen LogP contribution >= 0.6 is 11.6 Å². The number of carbonyl (C=O) groups is 2. The van der Waals surface area contributed by atoms with E-state index in [1.807, 2.05) is 13.0 Å². The van der Waals surface area contributed by atoms with Gasteiger partial charge in [0, 0.05) is 6.07 Å². The Balaban J connectivity index is 1.74. The summed E-state index contributed by atoms with van der Waals surface area (Å²) < 4.78 is 10.2. The average Bonchev–Trinajstić information content (AvgIpc) is 3.13. The molecule has 0 aliphatic carbocycles. The van der Waals surface area contributed by atoms with Crippen LogP contribution in [0, 0.1) is 25.2 Å². The number of halogens is 1. The molecule has 0 bridgehead atoms. The molecule has 1 N–H and O–H groups in total. The van der Waals surface area contributed by atoms with Crippen molar-refractivity contribution in [2.45, 2.75) is 13.8 Å². The number of nitrogens with zero attached hydrogens (tertiary/aromatic N) is 2. The average molecular weight is 422 g/mol. The standard InChI is InChI=1S/C22H16ClN3O4/c1-13-3-6-16(7-4-13)22(28)29-19-8-5-15(11-18(19)23)10-17(12-24)21(27)25-20-9-14(2)30-26-20/h3-11H,1-2H3,(H,25,26,27)/b17-10-. The van der Waals surface area contributed by atoms with Crippen LogP contribution in [0.3, 0.4) is 0 Å².